The Bertz CT molecular complexity index is 413. The Labute approximate surface area is 116 Å². The zero-order chi connectivity index (χ0) is 13.1. The highest BCUT2D eigenvalue weighted by Crippen LogP contribution is 2.25. The van der Waals surface area contributed by atoms with E-state index < -0.39 is 0 Å². The molecule has 3 unspecified atom stereocenters. The molecule has 2 rings (SSSR count). The van der Waals surface area contributed by atoms with Gasteiger partial charge in [-0.05, 0) is 57.0 Å². The number of nitrogens with one attached hydrogen (secondary N) is 1. The van der Waals surface area contributed by atoms with E-state index in [2.05, 4.69) is 28.2 Å². The minimum Gasteiger partial charge on any atom is -0.374 e. The first-order valence-electron chi connectivity index (χ1n) is 6.37. The minimum absolute atomic E-state index is 0.149. The maximum absolute atomic E-state index is 13.7. The molecule has 100 valence electrons. The molecule has 0 aromatic heterocycles. The van der Waals surface area contributed by atoms with Gasteiger partial charge in [0.2, 0.25) is 0 Å². The maximum Gasteiger partial charge on any atom is 0.126 e. The fraction of sp³-hybridized carbons (Fsp3) is 0.571. The van der Waals surface area contributed by atoms with Gasteiger partial charge in [0.1, 0.15) is 5.82 Å². The molecule has 3 atom stereocenters. The van der Waals surface area contributed by atoms with Crippen LogP contribution in [0.25, 0.3) is 0 Å². The Kier molecular flexibility index (Phi) is 4.76. The van der Waals surface area contributed by atoms with Gasteiger partial charge < -0.3 is 10.1 Å². The number of ether oxygens (including phenoxy) is 1. The van der Waals surface area contributed by atoms with Gasteiger partial charge in [0.15, 0.2) is 0 Å². The molecule has 1 aliphatic rings. The predicted octanol–water partition coefficient (Wildman–Crippen LogP) is 3.29. The van der Waals surface area contributed by atoms with Crippen LogP contribution in [0.1, 0.15) is 25.3 Å². The molecule has 1 aliphatic heterocycles. The summed E-state index contributed by atoms with van der Waals surface area (Å²) in [6.07, 6.45) is 3.28. The van der Waals surface area contributed by atoms with Gasteiger partial charge in [0.05, 0.1) is 12.2 Å². The third kappa shape index (κ3) is 3.31. The summed E-state index contributed by atoms with van der Waals surface area (Å²) >= 11 is 3.38. The summed E-state index contributed by atoms with van der Waals surface area (Å²) in [7, 11) is 1.91. The smallest absolute Gasteiger partial charge is 0.126 e. The molecular weight excluding hydrogens is 297 g/mol. The summed E-state index contributed by atoms with van der Waals surface area (Å²) < 4.78 is 20.5. The lowest BCUT2D eigenvalue weighted by atomic mass is 9.99. The Hall–Kier alpha value is -0.450. The van der Waals surface area contributed by atoms with Gasteiger partial charge in [0.25, 0.3) is 0 Å². The largest absolute Gasteiger partial charge is 0.374 e. The maximum atomic E-state index is 13.7. The van der Waals surface area contributed by atoms with Crippen LogP contribution in [-0.4, -0.2) is 25.3 Å². The van der Waals surface area contributed by atoms with E-state index in [9.17, 15) is 4.39 Å². The highest BCUT2D eigenvalue weighted by molar-refractivity contribution is 9.10. The molecule has 1 N–H and O–H groups in total. The van der Waals surface area contributed by atoms with Crippen LogP contribution in [0.4, 0.5) is 4.39 Å². The molecule has 1 aromatic carbocycles. The molecule has 0 saturated carbocycles. The van der Waals surface area contributed by atoms with Gasteiger partial charge in [0, 0.05) is 10.5 Å². The SMILES string of the molecule is CNC(Cc1cc(Br)ccc1F)C1CCC(C)O1. The molecule has 2 nitrogen and oxygen atoms in total. The zero-order valence-electron chi connectivity index (χ0n) is 10.7. The Balaban J connectivity index is 2.08. The zero-order valence-corrected chi connectivity index (χ0v) is 12.3. The molecule has 0 amide bonds. The van der Waals surface area contributed by atoms with E-state index in [1.165, 1.54) is 6.07 Å². The molecular formula is C14H19BrFNO. The lowest BCUT2D eigenvalue weighted by Crippen LogP contribution is -2.39. The monoisotopic (exact) mass is 315 g/mol. The molecule has 0 spiro atoms. The fourth-order valence-corrected chi connectivity index (χ4v) is 2.89. The van der Waals surface area contributed by atoms with Gasteiger partial charge in [-0.1, -0.05) is 15.9 Å². The lowest BCUT2D eigenvalue weighted by molar-refractivity contribution is 0.0336. The molecule has 1 heterocycles. The number of likely N-dealkylation sites (N-methyl/N-ethyl adjacent to an activating group) is 1. The molecule has 18 heavy (non-hydrogen) atoms. The van der Waals surface area contributed by atoms with Crippen LogP contribution in [-0.2, 0) is 11.2 Å². The predicted molar refractivity (Wildman–Crippen MR) is 74.2 cm³/mol. The first kappa shape index (κ1) is 14.0. The van der Waals surface area contributed by atoms with E-state index in [1.807, 2.05) is 13.1 Å². The quantitative estimate of drug-likeness (QED) is 0.920. The Morgan fingerprint density at radius 2 is 2.28 bits per heavy atom. The molecule has 0 aliphatic carbocycles. The van der Waals surface area contributed by atoms with Crippen LogP contribution in [0.5, 0.6) is 0 Å². The van der Waals surface area contributed by atoms with Crippen LogP contribution in [0.3, 0.4) is 0 Å². The van der Waals surface area contributed by atoms with Crippen LogP contribution >= 0.6 is 15.9 Å². The van der Waals surface area contributed by atoms with Gasteiger partial charge in [-0.15, -0.1) is 0 Å². The molecule has 1 fully saturated rings. The summed E-state index contributed by atoms with van der Waals surface area (Å²) in [6.45, 7) is 2.09. The first-order chi connectivity index (χ1) is 8.60. The van der Waals surface area contributed by atoms with Crippen molar-refractivity contribution in [3.63, 3.8) is 0 Å². The van der Waals surface area contributed by atoms with Crippen molar-refractivity contribution in [2.75, 3.05) is 7.05 Å². The second-order valence-electron chi connectivity index (χ2n) is 4.90. The third-order valence-electron chi connectivity index (χ3n) is 3.53. The Morgan fingerprint density at radius 1 is 1.50 bits per heavy atom. The Morgan fingerprint density at radius 3 is 2.89 bits per heavy atom. The summed E-state index contributed by atoms with van der Waals surface area (Å²) in [5.41, 5.74) is 0.729. The van der Waals surface area contributed by atoms with Gasteiger partial charge >= 0.3 is 0 Å². The average Bonchev–Trinajstić information content (AvgIpc) is 2.77. The van der Waals surface area contributed by atoms with Crippen LogP contribution < -0.4 is 5.32 Å². The van der Waals surface area contributed by atoms with E-state index in [1.54, 1.807) is 6.07 Å². The van der Waals surface area contributed by atoms with Crippen molar-refractivity contribution < 1.29 is 9.13 Å². The standard InChI is InChI=1S/C14H19BrFNO/c1-9-3-6-14(18-9)13(17-2)8-10-7-11(15)4-5-12(10)16/h4-5,7,9,13-14,17H,3,6,8H2,1-2H3. The normalized spacial score (nSPS) is 25.3. The lowest BCUT2D eigenvalue weighted by Gasteiger charge is -2.23. The highest BCUT2D eigenvalue weighted by Gasteiger charge is 2.29. The number of halogens is 2. The second-order valence-corrected chi connectivity index (χ2v) is 5.81. The molecule has 0 radical (unpaired) electrons. The third-order valence-corrected chi connectivity index (χ3v) is 4.03. The van der Waals surface area contributed by atoms with Crippen molar-refractivity contribution in [1.82, 2.24) is 5.32 Å². The molecule has 4 heteroatoms. The summed E-state index contributed by atoms with van der Waals surface area (Å²) in [4.78, 5) is 0. The van der Waals surface area contributed by atoms with Crippen LogP contribution in [0.2, 0.25) is 0 Å². The van der Waals surface area contributed by atoms with Crippen molar-refractivity contribution in [1.29, 1.82) is 0 Å². The van der Waals surface area contributed by atoms with Gasteiger partial charge in [-0.3, -0.25) is 0 Å². The fourth-order valence-electron chi connectivity index (χ4n) is 2.49. The van der Waals surface area contributed by atoms with Crippen molar-refractivity contribution in [3.05, 3.63) is 34.1 Å². The van der Waals surface area contributed by atoms with Crippen molar-refractivity contribution in [3.8, 4) is 0 Å². The highest BCUT2D eigenvalue weighted by atomic mass is 79.9. The minimum atomic E-state index is -0.149. The first-order valence-corrected chi connectivity index (χ1v) is 7.16. The summed E-state index contributed by atoms with van der Waals surface area (Å²) in [5.74, 6) is -0.149. The summed E-state index contributed by atoms with van der Waals surface area (Å²) in [5, 5.41) is 3.25. The average molecular weight is 316 g/mol. The number of benzene rings is 1. The van der Waals surface area contributed by atoms with Crippen LogP contribution in [0, 0.1) is 5.82 Å². The summed E-state index contributed by atoms with van der Waals surface area (Å²) in [6, 6.07) is 5.24. The molecule has 1 aromatic rings. The van der Waals surface area contributed by atoms with Gasteiger partial charge in [-0.2, -0.15) is 0 Å². The molecule has 1 saturated heterocycles. The molecule has 0 bridgehead atoms. The number of rotatable bonds is 4. The van der Waals surface area contributed by atoms with E-state index >= 15 is 0 Å². The van der Waals surface area contributed by atoms with Gasteiger partial charge in [-0.25, -0.2) is 4.39 Å². The number of hydrogen-bond acceptors (Lipinski definition) is 2. The van der Waals surface area contributed by atoms with Crippen molar-refractivity contribution in [2.24, 2.45) is 0 Å². The van der Waals surface area contributed by atoms with Crippen molar-refractivity contribution in [2.45, 2.75) is 44.4 Å². The topological polar surface area (TPSA) is 21.3 Å². The van der Waals surface area contributed by atoms with E-state index in [0.29, 0.717) is 12.5 Å². The van der Waals surface area contributed by atoms with E-state index in [-0.39, 0.29) is 18.0 Å². The van der Waals surface area contributed by atoms with E-state index in [4.69, 9.17) is 4.74 Å². The van der Waals surface area contributed by atoms with Crippen molar-refractivity contribution >= 4 is 15.9 Å². The van der Waals surface area contributed by atoms with E-state index in [0.717, 1.165) is 22.9 Å². The van der Waals surface area contributed by atoms with Crippen LogP contribution in [0.15, 0.2) is 22.7 Å². The second kappa shape index (κ2) is 6.13. The number of hydrogen-bond donors (Lipinski definition) is 1.